The molecule has 2 atom stereocenters. The molecule has 3 heterocycles. The lowest BCUT2D eigenvalue weighted by atomic mass is 9.99. The largest absolute Gasteiger partial charge is 0.391 e. The Bertz CT molecular complexity index is 997. The number of hydrogen-bond donors (Lipinski definition) is 1. The first-order valence-corrected chi connectivity index (χ1v) is 9.91. The zero-order chi connectivity index (χ0) is 19.7. The van der Waals surface area contributed by atoms with Crippen molar-refractivity contribution >= 4 is 16.8 Å². The van der Waals surface area contributed by atoms with Crippen LogP contribution in [0.5, 0.6) is 0 Å². The molecule has 146 valence electrons. The Morgan fingerprint density at radius 1 is 1.21 bits per heavy atom. The van der Waals surface area contributed by atoms with E-state index in [0.717, 1.165) is 35.3 Å². The van der Waals surface area contributed by atoms with Gasteiger partial charge in [0.05, 0.1) is 22.9 Å². The lowest BCUT2D eigenvalue weighted by Crippen LogP contribution is -2.29. The molecule has 1 aliphatic rings. The maximum atomic E-state index is 12.9. The molecule has 0 aliphatic carbocycles. The highest BCUT2D eigenvalue weighted by Crippen LogP contribution is 2.24. The van der Waals surface area contributed by atoms with Crippen molar-refractivity contribution < 1.29 is 9.90 Å². The van der Waals surface area contributed by atoms with E-state index >= 15 is 0 Å². The third-order valence-corrected chi connectivity index (χ3v) is 5.45. The molecule has 28 heavy (non-hydrogen) atoms. The lowest BCUT2D eigenvalue weighted by molar-refractivity contribution is 0.0764. The third kappa shape index (κ3) is 3.64. The number of nitrogens with zero attached hydrogens (tertiary/aromatic N) is 4. The van der Waals surface area contributed by atoms with Gasteiger partial charge in [-0.2, -0.15) is 5.10 Å². The number of benzene rings is 1. The molecule has 6 heteroatoms. The van der Waals surface area contributed by atoms with E-state index < -0.39 is 6.10 Å². The van der Waals surface area contributed by atoms with E-state index in [1.54, 1.807) is 4.90 Å². The molecule has 6 nitrogen and oxygen atoms in total. The van der Waals surface area contributed by atoms with Crippen molar-refractivity contribution in [1.29, 1.82) is 0 Å². The Labute approximate surface area is 164 Å². The highest BCUT2D eigenvalue weighted by Gasteiger charge is 2.35. The molecule has 1 aliphatic heterocycles. The predicted molar refractivity (Wildman–Crippen MR) is 108 cm³/mol. The summed E-state index contributed by atoms with van der Waals surface area (Å²) in [5.74, 6) is -0.0588. The van der Waals surface area contributed by atoms with Crippen molar-refractivity contribution in [3.8, 4) is 0 Å². The molecule has 1 N–H and O–H groups in total. The summed E-state index contributed by atoms with van der Waals surface area (Å²) < 4.78 is 1.82. The summed E-state index contributed by atoms with van der Waals surface area (Å²) in [7, 11) is 0. The number of para-hydroxylation sites is 1. The average Bonchev–Trinajstić information content (AvgIpc) is 3.24. The number of β-amino-alcohol motifs (C(OH)–C–C–N with tert-alkyl or cyclic N) is 1. The molecular formula is C22H26N4O2. The highest BCUT2D eigenvalue weighted by atomic mass is 16.3. The van der Waals surface area contributed by atoms with Crippen LogP contribution in [0.15, 0.2) is 42.6 Å². The molecule has 0 saturated carbocycles. The fraction of sp³-hybridized carbons (Fsp3) is 0.409. The van der Waals surface area contributed by atoms with E-state index in [2.05, 4.69) is 18.1 Å². The number of fused-ring (bicyclic) bond motifs is 1. The Morgan fingerprint density at radius 3 is 2.86 bits per heavy atom. The van der Waals surface area contributed by atoms with Gasteiger partial charge in [0.25, 0.3) is 5.91 Å². The molecule has 0 unspecified atom stereocenters. The Balaban J connectivity index is 1.47. The minimum Gasteiger partial charge on any atom is -0.391 e. The van der Waals surface area contributed by atoms with E-state index in [1.807, 2.05) is 48.1 Å². The maximum Gasteiger partial charge on any atom is 0.257 e. The van der Waals surface area contributed by atoms with Crippen LogP contribution in [0.25, 0.3) is 10.9 Å². The van der Waals surface area contributed by atoms with Gasteiger partial charge in [-0.15, -0.1) is 0 Å². The van der Waals surface area contributed by atoms with E-state index in [0.29, 0.717) is 25.1 Å². The standard InChI is InChI=1S/C22H26N4O2/c1-3-10-26-13-19(15(2)24-26)22(28)25-12-17(21(27)14-25)11-18-9-8-16-6-4-5-7-20(16)23-18/h4-9,13,17,21,27H,3,10-12,14H2,1-2H3/t17-,21-/m1/s1. The molecule has 0 radical (unpaired) electrons. The highest BCUT2D eigenvalue weighted by molar-refractivity contribution is 5.95. The number of aliphatic hydroxyl groups is 1. The second-order valence-corrected chi connectivity index (χ2v) is 7.63. The van der Waals surface area contributed by atoms with E-state index in [-0.39, 0.29) is 11.8 Å². The molecule has 1 saturated heterocycles. The molecule has 3 aromatic rings. The monoisotopic (exact) mass is 378 g/mol. The number of rotatable bonds is 5. The molecule has 2 aromatic heterocycles. The van der Waals surface area contributed by atoms with Crippen LogP contribution >= 0.6 is 0 Å². The van der Waals surface area contributed by atoms with Crippen LogP contribution in [0.3, 0.4) is 0 Å². The van der Waals surface area contributed by atoms with Gasteiger partial charge in [-0.1, -0.05) is 31.2 Å². The zero-order valence-corrected chi connectivity index (χ0v) is 16.4. The van der Waals surface area contributed by atoms with Gasteiger partial charge in [-0.25, -0.2) is 0 Å². The van der Waals surface area contributed by atoms with Crippen LogP contribution in [0, 0.1) is 12.8 Å². The number of carbonyl (C=O) groups is 1. The number of carbonyl (C=O) groups excluding carboxylic acids is 1. The second-order valence-electron chi connectivity index (χ2n) is 7.63. The second kappa shape index (κ2) is 7.72. The predicted octanol–water partition coefficient (Wildman–Crippen LogP) is 2.83. The maximum absolute atomic E-state index is 12.9. The van der Waals surface area contributed by atoms with Gasteiger partial charge >= 0.3 is 0 Å². The number of hydrogen-bond acceptors (Lipinski definition) is 4. The summed E-state index contributed by atoms with van der Waals surface area (Å²) in [6, 6.07) is 12.1. The summed E-state index contributed by atoms with van der Waals surface area (Å²) in [6.45, 7) is 5.64. The van der Waals surface area contributed by atoms with Gasteiger partial charge in [-0.05, 0) is 31.9 Å². The van der Waals surface area contributed by atoms with Crippen LogP contribution in [0.4, 0.5) is 0 Å². The summed E-state index contributed by atoms with van der Waals surface area (Å²) >= 11 is 0. The summed E-state index contributed by atoms with van der Waals surface area (Å²) in [4.78, 5) is 19.4. The van der Waals surface area contributed by atoms with Crippen molar-refractivity contribution in [3.05, 3.63) is 59.5 Å². The molecule has 1 fully saturated rings. The summed E-state index contributed by atoms with van der Waals surface area (Å²) in [5, 5.41) is 16.1. The Hall–Kier alpha value is -2.73. The van der Waals surface area contributed by atoms with Crippen LogP contribution in [0.2, 0.25) is 0 Å². The number of aromatic nitrogens is 3. The number of amides is 1. The van der Waals surface area contributed by atoms with Gasteiger partial charge in [0.2, 0.25) is 0 Å². The molecule has 1 aromatic carbocycles. The fourth-order valence-electron chi connectivity index (χ4n) is 3.95. The van der Waals surface area contributed by atoms with E-state index in [4.69, 9.17) is 4.98 Å². The van der Waals surface area contributed by atoms with Crippen molar-refractivity contribution in [2.24, 2.45) is 5.92 Å². The van der Waals surface area contributed by atoms with Gasteiger partial charge in [-0.3, -0.25) is 14.5 Å². The lowest BCUT2D eigenvalue weighted by Gasteiger charge is -2.15. The first kappa shape index (κ1) is 18.6. The van der Waals surface area contributed by atoms with Crippen molar-refractivity contribution in [2.75, 3.05) is 13.1 Å². The van der Waals surface area contributed by atoms with E-state index in [1.165, 1.54) is 0 Å². The number of aryl methyl sites for hydroxylation is 2. The third-order valence-electron chi connectivity index (χ3n) is 5.45. The van der Waals surface area contributed by atoms with Gasteiger partial charge in [0.15, 0.2) is 0 Å². The summed E-state index contributed by atoms with van der Waals surface area (Å²) in [6.07, 6.45) is 2.91. The zero-order valence-electron chi connectivity index (χ0n) is 16.4. The first-order chi connectivity index (χ1) is 13.5. The van der Waals surface area contributed by atoms with Crippen molar-refractivity contribution in [3.63, 3.8) is 0 Å². The van der Waals surface area contributed by atoms with Crippen LogP contribution < -0.4 is 0 Å². The van der Waals surface area contributed by atoms with Crippen molar-refractivity contribution in [2.45, 2.75) is 39.3 Å². The van der Waals surface area contributed by atoms with Gasteiger partial charge in [0, 0.05) is 42.8 Å². The molecule has 1 amide bonds. The number of likely N-dealkylation sites (tertiary alicyclic amines) is 1. The number of aliphatic hydroxyl groups excluding tert-OH is 1. The van der Waals surface area contributed by atoms with Gasteiger partial charge < -0.3 is 10.0 Å². The van der Waals surface area contributed by atoms with E-state index in [9.17, 15) is 9.90 Å². The molecule has 0 bridgehead atoms. The van der Waals surface area contributed by atoms with Crippen LogP contribution in [-0.4, -0.2) is 49.9 Å². The topological polar surface area (TPSA) is 71.2 Å². The Kier molecular flexibility index (Phi) is 5.13. The summed E-state index contributed by atoms with van der Waals surface area (Å²) in [5.41, 5.74) is 3.28. The van der Waals surface area contributed by atoms with Crippen LogP contribution in [-0.2, 0) is 13.0 Å². The molecular weight excluding hydrogens is 352 g/mol. The molecule has 4 rings (SSSR count). The fourth-order valence-corrected chi connectivity index (χ4v) is 3.95. The minimum absolute atomic E-state index is 0.0106. The van der Waals surface area contributed by atoms with Gasteiger partial charge in [0.1, 0.15) is 0 Å². The smallest absolute Gasteiger partial charge is 0.257 e. The first-order valence-electron chi connectivity index (χ1n) is 9.91. The molecule has 0 spiro atoms. The Morgan fingerprint density at radius 2 is 2.04 bits per heavy atom. The SMILES string of the molecule is CCCn1cc(C(=O)N2C[C@@H](Cc3ccc4ccccc4n3)[C@H](O)C2)c(C)n1. The normalized spacial score (nSPS) is 19.5. The van der Waals surface area contributed by atoms with Crippen molar-refractivity contribution in [1.82, 2.24) is 19.7 Å². The van der Waals surface area contributed by atoms with Crippen LogP contribution in [0.1, 0.15) is 35.1 Å². The minimum atomic E-state index is -0.539. The quantitative estimate of drug-likeness (QED) is 0.741. The average molecular weight is 378 g/mol. The number of pyridine rings is 1.